The van der Waals surface area contributed by atoms with Crippen LogP contribution < -0.4 is 14.5 Å². The topological polar surface area (TPSA) is 33.5 Å². The Bertz CT molecular complexity index is 2600. The van der Waals surface area contributed by atoms with Crippen LogP contribution in [0, 0.1) is 5.41 Å². The van der Waals surface area contributed by atoms with Gasteiger partial charge in [0.15, 0.2) is 0 Å². The summed E-state index contributed by atoms with van der Waals surface area (Å²) in [7, 11) is 0. The molecule has 0 spiro atoms. The normalized spacial score (nSPS) is 13.7. The van der Waals surface area contributed by atoms with Crippen LogP contribution >= 0.6 is 0 Å². The predicted molar refractivity (Wildman–Crippen MR) is 241 cm³/mol. The summed E-state index contributed by atoms with van der Waals surface area (Å²) in [5, 5.41) is 2.35. The summed E-state index contributed by atoms with van der Waals surface area (Å²) in [6.45, 7) is 23.5. The van der Waals surface area contributed by atoms with E-state index in [0.717, 1.165) is 46.1 Å². The first kappa shape index (κ1) is 38.1. The summed E-state index contributed by atoms with van der Waals surface area (Å²) in [5.41, 5.74) is 12.3. The van der Waals surface area contributed by atoms with Crippen LogP contribution in [0.1, 0.15) is 97.8 Å². The van der Waals surface area contributed by atoms with Gasteiger partial charge in [-0.3, -0.25) is 4.57 Å². The van der Waals surface area contributed by atoms with Crippen LogP contribution in [0.3, 0.4) is 0 Å². The van der Waals surface area contributed by atoms with Crippen molar-refractivity contribution in [2.45, 2.75) is 86.5 Å². The number of ether oxygens (including phenoxy) is 1. The fourth-order valence-electron chi connectivity index (χ4n) is 8.31. The summed E-state index contributed by atoms with van der Waals surface area (Å²) >= 11 is 0. The largest absolute Gasteiger partial charge is 0.457 e. The van der Waals surface area contributed by atoms with Crippen molar-refractivity contribution in [3.8, 4) is 28.4 Å². The molecule has 2 aromatic heterocycles. The first-order valence-corrected chi connectivity index (χ1v) is 20.4. The summed E-state index contributed by atoms with van der Waals surface area (Å²) in [4.78, 5) is 9.78. The maximum atomic E-state index is 6.71. The van der Waals surface area contributed by atoms with E-state index in [1.165, 1.54) is 44.6 Å². The second kappa shape index (κ2) is 14.6. The first-order valence-electron chi connectivity index (χ1n) is 20.4. The van der Waals surface area contributed by atoms with E-state index in [2.05, 4.69) is 205 Å². The smallest absolute Gasteiger partial charge is 0.138 e. The Hall–Kier alpha value is -5.81. The number of allylic oxidation sites excluding steroid dienone is 1. The van der Waals surface area contributed by atoms with E-state index in [0.29, 0.717) is 11.8 Å². The van der Waals surface area contributed by atoms with Crippen LogP contribution in [0.5, 0.6) is 11.5 Å². The highest BCUT2D eigenvalue weighted by atomic mass is 16.5. The lowest BCUT2D eigenvalue weighted by atomic mass is 9.85. The van der Waals surface area contributed by atoms with Gasteiger partial charge < -0.3 is 14.5 Å². The number of fused-ring (bicyclic) bond motifs is 3. The molecule has 0 fully saturated rings. The number of rotatable bonds is 8. The standard InChI is InChI=1S/C52H56N4O/c1-34(2)42-21-15-22-43(35(3)4)50(42)36-26-27-53-49(28-36)56-46-23-12-11-20-44(46)45-25-24-41(31-47(45)56)57-40-19-14-17-38(30-40)54-32-48(52(8,9)10)55(33-54)39-18-13-16-37(29-39)51(5,6)7/h11-32,34-35H,33H2,1-10H3. The van der Waals surface area contributed by atoms with Crippen LogP contribution in [0.15, 0.2) is 139 Å². The summed E-state index contributed by atoms with van der Waals surface area (Å²) in [6.07, 6.45) is 4.26. The van der Waals surface area contributed by atoms with E-state index in [4.69, 9.17) is 9.72 Å². The lowest BCUT2D eigenvalue weighted by Crippen LogP contribution is -2.30. The summed E-state index contributed by atoms with van der Waals surface area (Å²) in [5.74, 6) is 3.25. The SMILES string of the molecule is CC(C)c1cccc(C(C)C)c1-c1ccnc(-n2c3ccccc3c3ccc(Oc4cccc(N5C=C(C(C)(C)C)N(c6cccc(C(C)(C)C)c6)C5)c4)cc32)c1. The van der Waals surface area contributed by atoms with E-state index in [9.17, 15) is 0 Å². The molecule has 7 aromatic rings. The van der Waals surface area contributed by atoms with Gasteiger partial charge in [-0.2, -0.15) is 0 Å². The number of aromatic nitrogens is 2. The average molecular weight is 753 g/mol. The van der Waals surface area contributed by atoms with Gasteiger partial charge in [0.2, 0.25) is 0 Å². The maximum absolute atomic E-state index is 6.71. The molecule has 0 unspecified atom stereocenters. The summed E-state index contributed by atoms with van der Waals surface area (Å²) < 4.78 is 9.00. The molecule has 290 valence electrons. The number of pyridine rings is 1. The molecule has 57 heavy (non-hydrogen) atoms. The van der Waals surface area contributed by atoms with Crippen LogP contribution in [0.2, 0.25) is 0 Å². The molecule has 1 aliphatic heterocycles. The zero-order valence-electron chi connectivity index (χ0n) is 35.3. The van der Waals surface area contributed by atoms with Gasteiger partial charge in [0.05, 0.1) is 17.7 Å². The number of hydrogen-bond donors (Lipinski definition) is 0. The van der Waals surface area contributed by atoms with E-state index in [1.54, 1.807) is 0 Å². The molecular weight excluding hydrogens is 697 g/mol. The van der Waals surface area contributed by atoms with Gasteiger partial charge in [-0.1, -0.05) is 124 Å². The number of para-hydroxylation sites is 1. The van der Waals surface area contributed by atoms with Gasteiger partial charge in [0, 0.05) is 57.8 Å². The van der Waals surface area contributed by atoms with Crippen molar-refractivity contribution in [2.75, 3.05) is 16.5 Å². The lowest BCUT2D eigenvalue weighted by molar-refractivity contribution is 0.483. The van der Waals surface area contributed by atoms with Crippen molar-refractivity contribution in [3.63, 3.8) is 0 Å². The fraction of sp³-hybridized carbons (Fsp3) is 0.288. The van der Waals surface area contributed by atoms with Gasteiger partial charge in [0.25, 0.3) is 0 Å². The van der Waals surface area contributed by atoms with Crippen molar-refractivity contribution in [1.29, 1.82) is 0 Å². The average Bonchev–Trinajstić information content (AvgIpc) is 3.78. The van der Waals surface area contributed by atoms with Crippen LogP contribution in [0.4, 0.5) is 11.4 Å². The van der Waals surface area contributed by atoms with Crippen LogP contribution in [-0.4, -0.2) is 16.2 Å². The molecule has 0 radical (unpaired) electrons. The van der Waals surface area contributed by atoms with Gasteiger partial charge in [-0.05, 0) is 99.7 Å². The quantitative estimate of drug-likeness (QED) is 0.155. The lowest BCUT2D eigenvalue weighted by Gasteiger charge is -2.32. The van der Waals surface area contributed by atoms with Gasteiger partial charge >= 0.3 is 0 Å². The highest BCUT2D eigenvalue weighted by molar-refractivity contribution is 6.09. The molecule has 0 aliphatic carbocycles. The Labute approximate surface area is 339 Å². The van der Waals surface area contributed by atoms with Crippen molar-refractivity contribution < 1.29 is 4.74 Å². The Morgan fingerprint density at radius 3 is 1.98 bits per heavy atom. The Morgan fingerprint density at radius 1 is 0.596 bits per heavy atom. The Balaban J connectivity index is 1.15. The van der Waals surface area contributed by atoms with Crippen molar-refractivity contribution in [2.24, 2.45) is 5.41 Å². The molecular formula is C52H56N4O. The summed E-state index contributed by atoms with van der Waals surface area (Å²) in [6, 6.07) is 43.6. The molecule has 5 nitrogen and oxygen atoms in total. The fourth-order valence-corrected chi connectivity index (χ4v) is 8.31. The van der Waals surface area contributed by atoms with Gasteiger partial charge in [-0.25, -0.2) is 4.98 Å². The first-order chi connectivity index (χ1) is 27.2. The number of anilines is 2. The highest BCUT2D eigenvalue weighted by Gasteiger charge is 2.32. The zero-order valence-corrected chi connectivity index (χ0v) is 35.3. The highest BCUT2D eigenvalue weighted by Crippen LogP contribution is 2.42. The van der Waals surface area contributed by atoms with E-state index in [1.807, 2.05) is 12.3 Å². The molecule has 0 saturated carbocycles. The van der Waals surface area contributed by atoms with Crippen LogP contribution in [0.25, 0.3) is 38.8 Å². The Morgan fingerprint density at radius 2 is 1.26 bits per heavy atom. The number of hydrogen-bond acceptors (Lipinski definition) is 4. The molecule has 0 N–H and O–H groups in total. The molecule has 0 bridgehead atoms. The number of benzene rings is 5. The maximum Gasteiger partial charge on any atom is 0.138 e. The van der Waals surface area contributed by atoms with Gasteiger partial charge in [-0.15, -0.1) is 0 Å². The van der Waals surface area contributed by atoms with Crippen LogP contribution in [-0.2, 0) is 5.41 Å². The second-order valence-electron chi connectivity index (χ2n) is 18.3. The minimum absolute atomic E-state index is 0.0443. The van der Waals surface area contributed by atoms with E-state index < -0.39 is 0 Å². The molecule has 0 atom stereocenters. The zero-order chi connectivity index (χ0) is 40.2. The molecule has 3 heterocycles. The third-order valence-corrected chi connectivity index (χ3v) is 11.3. The molecule has 0 amide bonds. The van der Waals surface area contributed by atoms with Crippen molar-refractivity contribution >= 4 is 33.2 Å². The Kier molecular flexibility index (Phi) is 9.76. The third-order valence-electron chi connectivity index (χ3n) is 11.3. The molecule has 8 rings (SSSR count). The molecule has 5 heteroatoms. The minimum atomic E-state index is -0.0443. The monoisotopic (exact) mass is 752 g/mol. The van der Waals surface area contributed by atoms with Crippen molar-refractivity contribution in [3.05, 3.63) is 156 Å². The molecule has 1 aliphatic rings. The third kappa shape index (κ3) is 7.32. The van der Waals surface area contributed by atoms with Crippen molar-refractivity contribution in [1.82, 2.24) is 9.55 Å². The predicted octanol–water partition coefficient (Wildman–Crippen LogP) is 14.4. The second-order valence-corrected chi connectivity index (χ2v) is 18.3. The molecule has 5 aromatic carbocycles. The minimum Gasteiger partial charge on any atom is -0.457 e. The van der Waals surface area contributed by atoms with E-state index >= 15 is 0 Å². The van der Waals surface area contributed by atoms with Gasteiger partial charge in [0.1, 0.15) is 17.3 Å². The molecule has 0 saturated heterocycles. The number of nitrogens with zero attached hydrogens (tertiary/aromatic N) is 4. The van der Waals surface area contributed by atoms with E-state index in [-0.39, 0.29) is 10.8 Å².